The fourth-order valence-corrected chi connectivity index (χ4v) is 12.3. The van der Waals surface area contributed by atoms with Crippen molar-refractivity contribution in [3.8, 4) is 0 Å². The van der Waals surface area contributed by atoms with E-state index in [2.05, 4.69) is 43.5 Å². The lowest BCUT2D eigenvalue weighted by molar-refractivity contribution is -0.379. The molecule has 12 N–H and O–H groups in total. The Hall–Kier alpha value is -1.99. The average molecular weight is 1290 g/mol. The lowest BCUT2D eigenvalue weighted by atomic mass is 9.96. The van der Waals surface area contributed by atoms with Crippen LogP contribution in [-0.4, -0.2) is 193 Å². The van der Waals surface area contributed by atoms with Crippen LogP contribution in [0.25, 0.3) is 0 Å². The summed E-state index contributed by atoms with van der Waals surface area (Å²) in [5.41, 5.74) is 0. The summed E-state index contributed by atoms with van der Waals surface area (Å²) in [5, 5.41) is 121. The SMILES string of the molecule is CCCCCCCCCC/C=C/CC/C=C/CC/C=C/C(O)C(COC1OC(CO)C(OC2OC(CO)C(OC3OC(CO)C(O)C(O)C3O)C(O)C2O)C(O)C1O)NC(=O)CCCCCCCCCCCCCCCCCCCCCCCCCCCCC. The highest BCUT2D eigenvalue weighted by molar-refractivity contribution is 5.76. The summed E-state index contributed by atoms with van der Waals surface area (Å²) in [6, 6.07) is -0.994. The van der Waals surface area contributed by atoms with Crippen molar-refractivity contribution in [2.24, 2.45) is 0 Å². The van der Waals surface area contributed by atoms with E-state index in [1.165, 1.54) is 199 Å². The molecule has 0 aromatic carbocycles. The van der Waals surface area contributed by atoms with Gasteiger partial charge in [-0.2, -0.15) is 0 Å². The van der Waals surface area contributed by atoms with E-state index in [-0.39, 0.29) is 18.9 Å². The number of rotatable bonds is 56. The molecule has 17 unspecified atom stereocenters. The zero-order valence-electron chi connectivity index (χ0n) is 55.9. The number of carbonyl (C=O) groups is 1. The van der Waals surface area contributed by atoms with Gasteiger partial charge in [0.05, 0.1) is 38.6 Å². The molecule has 90 heavy (non-hydrogen) atoms. The molecule has 3 aliphatic rings. The average Bonchev–Trinajstić information content (AvgIpc) is 1.04. The Balaban J connectivity index is 1.42. The zero-order chi connectivity index (χ0) is 65.4. The van der Waals surface area contributed by atoms with Crippen LogP contribution in [0.15, 0.2) is 36.5 Å². The monoisotopic (exact) mass is 1290 g/mol. The Morgan fingerprint density at radius 1 is 0.389 bits per heavy atom. The normalized spacial score (nSPS) is 28.2. The van der Waals surface area contributed by atoms with Crippen molar-refractivity contribution in [1.82, 2.24) is 5.32 Å². The quantitative estimate of drug-likeness (QED) is 0.0199. The number of aliphatic hydroxyl groups is 11. The Morgan fingerprint density at radius 3 is 1.11 bits per heavy atom. The summed E-state index contributed by atoms with van der Waals surface area (Å²) in [7, 11) is 0. The summed E-state index contributed by atoms with van der Waals surface area (Å²) in [6.45, 7) is 1.73. The molecule has 1 amide bonds. The number of nitrogens with one attached hydrogen (secondary N) is 1. The standard InChI is InChI=1S/C71H131NO18/c1-3-5-7-9-11-13-15-17-19-21-23-24-25-26-27-28-29-30-31-33-35-37-39-41-43-45-47-49-59(77)72-54(55(76)48-46-44-42-40-38-36-34-32-22-20-18-16-14-12-10-8-6-4-2)53-85-69-65(83)62(80)67(57(51-74)87-69)90-71-66(84)63(81)68(58(52-75)88-71)89-70-64(82)61(79)60(78)56(50-73)86-70/h22,32,38,40,46,48,54-58,60-71,73-76,78-84H,3-21,23-31,33-37,39,41-45,47,49-53H2,1-2H3,(H,72,77)/b32-22+,40-38+,48-46+. The molecule has 3 fully saturated rings. The number of allylic oxidation sites excluding steroid dienone is 5. The lowest BCUT2D eigenvalue weighted by Crippen LogP contribution is -2.66. The number of aliphatic hydroxyl groups excluding tert-OH is 11. The minimum atomic E-state index is -1.98. The molecule has 19 heteroatoms. The fraction of sp³-hybridized carbons (Fsp3) is 0.901. The Labute approximate surface area is 542 Å². The van der Waals surface area contributed by atoms with Crippen molar-refractivity contribution in [2.45, 2.75) is 381 Å². The largest absolute Gasteiger partial charge is 0.394 e. The third kappa shape index (κ3) is 34.6. The van der Waals surface area contributed by atoms with Crippen LogP contribution in [0.1, 0.15) is 277 Å². The van der Waals surface area contributed by atoms with E-state index >= 15 is 0 Å². The van der Waals surface area contributed by atoms with Gasteiger partial charge in [-0.3, -0.25) is 4.79 Å². The van der Waals surface area contributed by atoms with Crippen LogP contribution in [0.4, 0.5) is 0 Å². The lowest BCUT2D eigenvalue weighted by Gasteiger charge is -2.48. The maximum Gasteiger partial charge on any atom is 0.220 e. The highest BCUT2D eigenvalue weighted by Crippen LogP contribution is 2.33. The molecule has 3 aliphatic heterocycles. The van der Waals surface area contributed by atoms with Crippen molar-refractivity contribution in [3.63, 3.8) is 0 Å². The third-order valence-corrected chi connectivity index (χ3v) is 18.2. The maximum absolute atomic E-state index is 13.4. The molecule has 3 saturated heterocycles. The highest BCUT2D eigenvalue weighted by Gasteiger charge is 2.53. The smallest absolute Gasteiger partial charge is 0.220 e. The molecule has 0 aromatic heterocycles. The van der Waals surface area contributed by atoms with E-state index in [1.807, 2.05) is 6.08 Å². The van der Waals surface area contributed by atoms with Gasteiger partial charge < -0.3 is 89.9 Å². The first-order chi connectivity index (χ1) is 43.8. The summed E-state index contributed by atoms with van der Waals surface area (Å²) in [5.74, 6) is -0.285. The molecule has 3 heterocycles. The molecule has 0 aromatic rings. The van der Waals surface area contributed by atoms with E-state index in [0.717, 1.165) is 44.9 Å². The first-order valence-corrected chi connectivity index (χ1v) is 36.2. The van der Waals surface area contributed by atoms with E-state index in [4.69, 9.17) is 28.4 Å². The molecule has 0 spiro atoms. The van der Waals surface area contributed by atoms with Crippen LogP contribution < -0.4 is 5.32 Å². The van der Waals surface area contributed by atoms with Crippen molar-refractivity contribution in [2.75, 3.05) is 26.4 Å². The topological polar surface area (TPSA) is 307 Å². The predicted molar refractivity (Wildman–Crippen MR) is 351 cm³/mol. The molecular formula is C71H131NO18. The Bertz CT molecular complexity index is 1780. The minimum Gasteiger partial charge on any atom is -0.394 e. The van der Waals surface area contributed by atoms with Gasteiger partial charge in [-0.05, 0) is 44.9 Å². The van der Waals surface area contributed by atoms with Crippen molar-refractivity contribution in [1.29, 1.82) is 0 Å². The number of unbranched alkanes of at least 4 members (excludes halogenated alkanes) is 36. The number of carbonyl (C=O) groups excluding carboxylic acids is 1. The first kappa shape index (κ1) is 82.2. The molecule has 0 bridgehead atoms. The molecule has 19 nitrogen and oxygen atoms in total. The van der Waals surface area contributed by atoms with Crippen LogP contribution in [0.3, 0.4) is 0 Å². The molecular weight excluding hydrogens is 1150 g/mol. The molecule has 528 valence electrons. The molecule has 0 saturated carbocycles. The number of hydrogen-bond acceptors (Lipinski definition) is 18. The van der Waals surface area contributed by atoms with Gasteiger partial charge >= 0.3 is 0 Å². The van der Waals surface area contributed by atoms with Gasteiger partial charge in [0, 0.05) is 6.42 Å². The minimum absolute atomic E-state index is 0.236. The van der Waals surface area contributed by atoms with Gasteiger partial charge in [-0.15, -0.1) is 0 Å². The Morgan fingerprint density at radius 2 is 0.711 bits per heavy atom. The summed E-state index contributed by atoms with van der Waals surface area (Å²) in [4.78, 5) is 13.4. The van der Waals surface area contributed by atoms with E-state index in [1.54, 1.807) is 6.08 Å². The van der Waals surface area contributed by atoms with Crippen LogP contribution in [0, 0.1) is 0 Å². The molecule has 17 atom stereocenters. The second-order valence-corrected chi connectivity index (χ2v) is 26.0. The van der Waals surface area contributed by atoms with E-state index in [0.29, 0.717) is 12.8 Å². The third-order valence-electron chi connectivity index (χ3n) is 18.2. The summed E-state index contributed by atoms with van der Waals surface area (Å²) in [6.07, 6.45) is 35.6. The highest BCUT2D eigenvalue weighted by atomic mass is 16.8. The second-order valence-electron chi connectivity index (χ2n) is 26.0. The number of hydrogen-bond donors (Lipinski definition) is 12. The predicted octanol–water partition coefficient (Wildman–Crippen LogP) is 10.00. The van der Waals surface area contributed by atoms with Crippen molar-refractivity contribution >= 4 is 5.91 Å². The van der Waals surface area contributed by atoms with Gasteiger partial charge in [-0.25, -0.2) is 0 Å². The molecule has 0 aliphatic carbocycles. The van der Waals surface area contributed by atoms with Crippen LogP contribution in [0.5, 0.6) is 0 Å². The van der Waals surface area contributed by atoms with Crippen LogP contribution in [0.2, 0.25) is 0 Å². The van der Waals surface area contributed by atoms with Gasteiger partial charge in [0.15, 0.2) is 18.9 Å². The van der Waals surface area contributed by atoms with Gasteiger partial charge in [0.25, 0.3) is 0 Å². The second kappa shape index (κ2) is 53.2. The van der Waals surface area contributed by atoms with Gasteiger partial charge in [-0.1, -0.05) is 262 Å². The molecule has 3 rings (SSSR count). The van der Waals surface area contributed by atoms with Crippen LogP contribution in [-0.2, 0) is 33.2 Å². The molecule has 0 radical (unpaired) electrons. The van der Waals surface area contributed by atoms with Gasteiger partial charge in [0.2, 0.25) is 5.91 Å². The number of amides is 1. The van der Waals surface area contributed by atoms with E-state index in [9.17, 15) is 61.0 Å². The zero-order valence-corrected chi connectivity index (χ0v) is 55.9. The Kier molecular flexibility index (Phi) is 48.6. The first-order valence-electron chi connectivity index (χ1n) is 36.2. The van der Waals surface area contributed by atoms with Crippen LogP contribution >= 0.6 is 0 Å². The maximum atomic E-state index is 13.4. The number of ether oxygens (including phenoxy) is 6. The van der Waals surface area contributed by atoms with Crippen molar-refractivity contribution < 1.29 is 89.4 Å². The fourth-order valence-electron chi connectivity index (χ4n) is 12.3. The summed E-state index contributed by atoms with van der Waals surface area (Å²) < 4.78 is 34.3. The van der Waals surface area contributed by atoms with E-state index < -0.39 is 124 Å². The van der Waals surface area contributed by atoms with Crippen molar-refractivity contribution in [3.05, 3.63) is 36.5 Å². The summed E-state index contributed by atoms with van der Waals surface area (Å²) >= 11 is 0. The van der Waals surface area contributed by atoms with Gasteiger partial charge in [0.1, 0.15) is 73.2 Å².